The molecule has 2 N–H and O–H groups in total. The number of benzene rings is 2. The molecular weight excluding hydrogens is 482 g/mol. The van der Waals surface area contributed by atoms with Gasteiger partial charge in [0.1, 0.15) is 5.57 Å². The van der Waals surface area contributed by atoms with Crippen LogP contribution in [0, 0.1) is 13.8 Å². The van der Waals surface area contributed by atoms with Crippen molar-refractivity contribution in [1.82, 2.24) is 9.88 Å². The number of anilines is 1. The van der Waals surface area contributed by atoms with Crippen LogP contribution in [0.2, 0.25) is 0 Å². The molecule has 4 rings (SSSR count). The molecule has 1 aromatic heterocycles. The number of carbonyl (C=O) groups excluding carboxylic acids is 3. The van der Waals surface area contributed by atoms with Crippen molar-refractivity contribution in [1.29, 1.82) is 0 Å². The van der Waals surface area contributed by atoms with Crippen LogP contribution in [0.1, 0.15) is 37.7 Å². The maximum atomic E-state index is 13.3. The molecule has 1 aliphatic heterocycles. The monoisotopic (exact) mass is 503 g/mol. The van der Waals surface area contributed by atoms with E-state index in [0.29, 0.717) is 11.1 Å². The van der Waals surface area contributed by atoms with Crippen molar-refractivity contribution in [2.24, 2.45) is 0 Å². The maximum Gasteiger partial charge on any atom is 0.337 e. The Morgan fingerprint density at radius 3 is 2.33 bits per heavy atom. The molecule has 3 aromatic rings. The summed E-state index contributed by atoms with van der Waals surface area (Å²) in [5.41, 5.74) is 3.50. The summed E-state index contributed by atoms with van der Waals surface area (Å²) >= 11 is 5.20. The molecule has 10 heteroatoms. The van der Waals surface area contributed by atoms with Gasteiger partial charge in [0.25, 0.3) is 11.8 Å². The zero-order chi connectivity index (χ0) is 26.1. The first-order valence-corrected chi connectivity index (χ1v) is 11.2. The summed E-state index contributed by atoms with van der Waals surface area (Å²) in [5, 5.41) is 11.7. The molecule has 0 atom stereocenters. The van der Waals surface area contributed by atoms with Crippen molar-refractivity contribution < 1.29 is 29.0 Å². The zero-order valence-corrected chi connectivity index (χ0v) is 20.4. The number of ether oxygens (including phenoxy) is 1. The van der Waals surface area contributed by atoms with E-state index in [1.807, 2.05) is 24.5 Å². The summed E-state index contributed by atoms with van der Waals surface area (Å²) < 4.78 is 6.67. The number of nitrogens with one attached hydrogen (secondary N) is 1. The quantitative estimate of drug-likeness (QED) is 0.237. The minimum absolute atomic E-state index is 0.0210. The molecule has 182 valence electrons. The van der Waals surface area contributed by atoms with E-state index in [4.69, 9.17) is 17.0 Å². The van der Waals surface area contributed by atoms with Gasteiger partial charge in [0.2, 0.25) is 0 Å². The predicted molar refractivity (Wildman–Crippen MR) is 136 cm³/mol. The molecule has 0 aliphatic carbocycles. The van der Waals surface area contributed by atoms with Gasteiger partial charge < -0.3 is 14.4 Å². The fourth-order valence-corrected chi connectivity index (χ4v) is 4.30. The highest BCUT2D eigenvalue weighted by Gasteiger charge is 2.35. The number of thiocarbonyl (C=S) groups is 1. The molecule has 2 aromatic carbocycles. The number of hydrogen-bond acceptors (Lipinski definition) is 6. The third-order valence-electron chi connectivity index (χ3n) is 5.77. The number of methoxy groups -OCH3 is 1. The van der Waals surface area contributed by atoms with Crippen LogP contribution in [0.4, 0.5) is 5.69 Å². The number of esters is 1. The lowest BCUT2D eigenvalue weighted by molar-refractivity contribution is -0.122. The Kier molecular flexibility index (Phi) is 6.54. The lowest BCUT2D eigenvalue weighted by Gasteiger charge is -2.29. The predicted octanol–water partition coefficient (Wildman–Crippen LogP) is 3.41. The van der Waals surface area contributed by atoms with E-state index in [2.05, 4.69) is 5.32 Å². The van der Waals surface area contributed by atoms with E-state index in [-0.39, 0.29) is 21.9 Å². The minimum Gasteiger partial charge on any atom is -0.478 e. The van der Waals surface area contributed by atoms with E-state index in [1.165, 1.54) is 37.5 Å². The van der Waals surface area contributed by atoms with Crippen molar-refractivity contribution in [3.63, 3.8) is 0 Å². The number of amides is 2. The number of aryl methyl sites for hydroxylation is 1. The topological polar surface area (TPSA) is 118 Å². The third kappa shape index (κ3) is 4.41. The van der Waals surface area contributed by atoms with Crippen LogP contribution in [0.15, 0.2) is 60.2 Å². The smallest absolute Gasteiger partial charge is 0.337 e. The molecule has 1 fully saturated rings. The number of carbonyl (C=O) groups is 4. The highest BCUT2D eigenvalue weighted by molar-refractivity contribution is 7.80. The normalized spacial score (nSPS) is 14.7. The number of carboxylic acid groups (broad SMARTS) is 1. The molecule has 36 heavy (non-hydrogen) atoms. The van der Waals surface area contributed by atoms with E-state index in [1.54, 1.807) is 24.3 Å². The Bertz CT molecular complexity index is 1470. The van der Waals surface area contributed by atoms with Crippen LogP contribution in [-0.2, 0) is 14.3 Å². The SMILES string of the molecule is COC(=O)c1ccc(-n2c(C)cc(C=C3C(=O)NC(=S)N(c4cccc(C(=O)O)c4)C3=O)c2C)cc1. The molecule has 0 bridgehead atoms. The number of aromatic nitrogens is 1. The largest absolute Gasteiger partial charge is 0.478 e. The van der Waals surface area contributed by atoms with Crippen molar-refractivity contribution >= 4 is 52.8 Å². The number of carboxylic acids is 1. The van der Waals surface area contributed by atoms with E-state index >= 15 is 0 Å². The molecule has 1 saturated heterocycles. The summed E-state index contributed by atoms with van der Waals surface area (Å²) in [5.74, 6) is -2.91. The van der Waals surface area contributed by atoms with Gasteiger partial charge in [-0.1, -0.05) is 6.07 Å². The van der Waals surface area contributed by atoms with E-state index in [9.17, 15) is 24.3 Å². The highest BCUT2D eigenvalue weighted by Crippen LogP contribution is 2.27. The molecule has 9 nitrogen and oxygen atoms in total. The number of hydrogen-bond donors (Lipinski definition) is 2. The molecule has 0 saturated carbocycles. The number of nitrogens with zero attached hydrogens (tertiary/aromatic N) is 2. The Morgan fingerprint density at radius 2 is 1.69 bits per heavy atom. The van der Waals surface area contributed by atoms with E-state index < -0.39 is 23.8 Å². The van der Waals surface area contributed by atoms with Crippen LogP contribution >= 0.6 is 12.2 Å². The first-order chi connectivity index (χ1) is 17.1. The first kappa shape index (κ1) is 24.6. The lowest BCUT2D eigenvalue weighted by Crippen LogP contribution is -2.54. The van der Waals surface area contributed by atoms with Gasteiger partial charge >= 0.3 is 11.9 Å². The molecular formula is C26H21N3O6S. The Morgan fingerprint density at radius 1 is 1.00 bits per heavy atom. The average Bonchev–Trinajstić information content (AvgIpc) is 3.13. The Labute approximate surface area is 211 Å². The van der Waals surface area contributed by atoms with Gasteiger partial charge in [-0.15, -0.1) is 0 Å². The summed E-state index contributed by atoms with van der Waals surface area (Å²) in [4.78, 5) is 50.3. The maximum absolute atomic E-state index is 13.3. The zero-order valence-electron chi connectivity index (χ0n) is 19.6. The molecule has 2 heterocycles. The van der Waals surface area contributed by atoms with Gasteiger partial charge in [0.05, 0.1) is 23.9 Å². The lowest BCUT2D eigenvalue weighted by atomic mass is 10.1. The Balaban J connectivity index is 1.72. The van der Waals surface area contributed by atoms with Crippen molar-refractivity contribution in [2.45, 2.75) is 13.8 Å². The highest BCUT2D eigenvalue weighted by atomic mass is 32.1. The van der Waals surface area contributed by atoms with Gasteiger partial charge in [0, 0.05) is 17.1 Å². The van der Waals surface area contributed by atoms with Crippen LogP contribution in [-0.4, -0.2) is 45.6 Å². The summed E-state index contributed by atoms with van der Waals surface area (Å²) in [6.45, 7) is 3.72. The Hall–Kier alpha value is -4.57. The standard InChI is InChI=1S/C26H21N3O6S/c1-14-11-18(15(2)28(14)19-9-7-16(8-10-19)25(34)35-3)13-21-22(30)27-26(36)29(23(21)31)20-6-4-5-17(12-20)24(32)33/h4-13H,1-3H3,(H,32,33)(H,27,30,36). The van der Waals surface area contributed by atoms with Crippen molar-refractivity contribution in [2.75, 3.05) is 12.0 Å². The second kappa shape index (κ2) is 9.59. The second-order valence-corrected chi connectivity index (χ2v) is 8.40. The second-order valence-electron chi connectivity index (χ2n) is 8.01. The van der Waals surface area contributed by atoms with Crippen LogP contribution < -0.4 is 10.2 Å². The van der Waals surface area contributed by atoms with Gasteiger partial charge in [-0.3, -0.25) is 19.8 Å². The molecule has 1 aliphatic rings. The summed E-state index contributed by atoms with van der Waals surface area (Å²) in [6.07, 6.45) is 1.48. The molecule has 0 radical (unpaired) electrons. The van der Waals surface area contributed by atoms with Gasteiger partial charge in [-0.2, -0.15) is 0 Å². The molecule has 2 amide bonds. The third-order valence-corrected chi connectivity index (χ3v) is 6.05. The van der Waals surface area contributed by atoms with E-state index in [0.717, 1.165) is 22.0 Å². The fraction of sp³-hybridized carbons (Fsp3) is 0.115. The van der Waals surface area contributed by atoms with Gasteiger partial charge in [-0.25, -0.2) is 9.59 Å². The summed E-state index contributed by atoms with van der Waals surface area (Å²) in [6, 6.07) is 14.4. The molecule has 0 unspecified atom stereocenters. The minimum atomic E-state index is -1.15. The average molecular weight is 504 g/mol. The van der Waals surface area contributed by atoms with Crippen molar-refractivity contribution in [3.05, 3.63) is 88.2 Å². The molecule has 0 spiro atoms. The van der Waals surface area contributed by atoms with Crippen LogP contribution in [0.25, 0.3) is 11.8 Å². The van der Waals surface area contributed by atoms with Crippen molar-refractivity contribution in [3.8, 4) is 5.69 Å². The number of rotatable bonds is 5. The first-order valence-electron chi connectivity index (χ1n) is 10.7. The summed E-state index contributed by atoms with van der Waals surface area (Å²) in [7, 11) is 1.32. The van der Waals surface area contributed by atoms with Crippen LogP contribution in [0.5, 0.6) is 0 Å². The van der Waals surface area contributed by atoms with Crippen LogP contribution in [0.3, 0.4) is 0 Å². The van der Waals surface area contributed by atoms with Gasteiger partial charge in [0.15, 0.2) is 5.11 Å². The van der Waals surface area contributed by atoms with Gasteiger partial charge in [-0.05, 0) is 86.2 Å². The fourth-order valence-electron chi connectivity index (χ4n) is 4.02. The number of aromatic carboxylic acids is 1.